The third-order valence-corrected chi connectivity index (χ3v) is 7.32. The van der Waals surface area contributed by atoms with E-state index in [1.54, 1.807) is 11.3 Å². The first kappa shape index (κ1) is 22.8. The highest BCUT2D eigenvalue weighted by Crippen LogP contribution is 2.38. The van der Waals surface area contributed by atoms with Gasteiger partial charge in [0.1, 0.15) is 0 Å². The topological polar surface area (TPSA) is 59.8 Å². The molecule has 4 rings (SSSR count). The fourth-order valence-corrected chi connectivity index (χ4v) is 5.80. The monoisotopic (exact) mass is 480 g/mol. The number of thioether (sulfide) groups is 1. The molecule has 1 N–H and O–H groups in total. The molecule has 1 amide bonds. The van der Waals surface area contributed by atoms with E-state index in [1.807, 2.05) is 18.4 Å². The van der Waals surface area contributed by atoms with Gasteiger partial charge in [0, 0.05) is 27.5 Å². The number of benzene rings is 1. The molecule has 0 radical (unpaired) electrons. The van der Waals surface area contributed by atoms with Crippen molar-refractivity contribution in [3.05, 3.63) is 45.6 Å². The third kappa shape index (κ3) is 4.85. The smallest absolute Gasteiger partial charge is 0.325 e. The van der Waals surface area contributed by atoms with Crippen LogP contribution >= 0.6 is 23.1 Å². The summed E-state index contributed by atoms with van der Waals surface area (Å²) in [5.74, 6) is 0.422. The summed E-state index contributed by atoms with van der Waals surface area (Å²) in [5.41, 5.74) is 1.79. The molecule has 0 spiro atoms. The fraction of sp³-hybridized carbons (Fsp3) is 0.409. The molecule has 1 aliphatic rings. The summed E-state index contributed by atoms with van der Waals surface area (Å²) >= 11 is 2.99. The van der Waals surface area contributed by atoms with Crippen molar-refractivity contribution in [2.75, 3.05) is 11.1 Å². The van der Waals surface area contributed by atoms with Gasteiger partial charge in [-0.2, -0.15) is 13.2 Å². The fourth-order valence-electron chi connectivity index (χ4n) is 3.81. The number of amides is 1. The molecular weight excluding hydrogens is 457 g/mol. The summed E-state index contributed by atoms with van der Waals surface area (Å²) in [4.78, 5) is 13.8. The minimum absolute atomic E-state index is 0.0167. The van der Waals surface area contributed by atoms with E-state index in [2.05, 4.69) is 20.9 Å². The number of carbonyl (C=O) groups excluding carboxylic acids is 1. The van der Waals surface area contributed by atoms with E-state index < -0.39 is 17.6 Å². The number of anilines is 1. The molecule has 0 fully saturated rings. The maximum absolute atomic E-state index is 12.9. The number of alkyl halides is 3. The van der Waals surface area contributed by atoms with Crippen LogP contribution in [0.3, 0.4) is 0 Å². The number of hydrogen-bond donors (Lipinski definition) is 1. The van der Waals surface area contributed by atoms with Gasteiger partial charge in [-0.05, 0) is 63.3 Å². The lowest BCUT2D eigenvalue weighted by atomic mass is 9.95. The molecule has 170 valence electrons. The quantitative estimate of drug-likeness (QED) is 0.426. The van der Waals surface area contributed by atoms with Gasteiger partial charge in [-0.3, -0.25) is 9.36 Å². The van der Waals surface area contributed by atoms with Crippen LogP contribution in [0.1, 0.15) is 48.7 Å². The highest BCUT2D eigenvalue weighted by Gasteiger charge is 2.30. The second-order valence-corrected chi connectivity index (χ2v) is 9.85. The third-order valence-electron chi connectivity index (χ3n) is 5.29. The van der Waals surface area contributed by atoms with Crippen LogP contribution in [0.5, 0.6) is 0 Å². The van der Waals surface area contributed by atoms with Crippen molar-refractivity contribution in [2.45, 2.75) is 56.9 Å². The Morgan fingerprint density at radius 1 is 1.25 bits per heavy atom. The number of halogens is 3. The van der Waals surface area contributed by atoms with Crippen LogP contribution in [0.25, 0.3) is 11.4 Å². The van der Waals surface area contributed by atoms with E-state index in [0.717, 1.165) is 36.4 Å². The second-order valence-electron chi connectivity index (χ2n) is 7.94. The number of aryl methyl sites for hydroxylation is 1. The highest BCUT2D eigenvalue weighted by atomic mass is 32.2. The Hall–Kier alpha value is -2.33. The largest absolute Gasteiger partial charge is 0.416 e. The minimum atomic E-state index is -4.46. The summed E-state index contributed by atoms with van der Waals surface area (Å²) in [6.45, 7) is 4.08. The predicted octanol–water partition coefficient (Wildman–Crippen LogP) is 6.22. The minimum Gasteiger partial charge on any atom is -0.325 e. The van der Waals surface area contributed by atoms with Crippen molar-refractivity contribution in [3.8, 4) is 11.4 Å². The van der Waals surface area contributed by atoms with E-state index >= 15 is 0 Å². The van der Waals surface area contributed by atoms with Crippen LogP contribution in [-0.2, 0) is 23.8 Å². The SMILES string of the molecule is CC(C)n1c(SCC(=O)Nc2cccc(C(F)(F)F)c2)nnc1-c1csc2c1CCCC2. The first-order valence-corrected chi connectivity index (χ1v) is 12.2. The second kappa shape index (κ2) is 9.27. The van der Waals surface area contributed by atoms with E-state index in [9.17, 15) is 18.0 Å². The van der Waals surface area contributed by atoms with Crippen LogP contribution in [0.4, 0.5) is 18.9 Å². The average Bonchev–Trinajstić information content (AvgIpc) is 3.35. The zero-order valence-corrected chi connectivity index (χ0v) is 19.3. The van der Waals surface area contributed by atoms with Gasteiger partial charge in [-0.15, -0.1) is 21.5 Å². The zero-order valence-electron chi connectivity index (χ0n) is 17.7. The first-order valence-electron chi connectivity index (χ1n) is 10.4. The number of rotatable bonds is 6. The Kier molecular flexibility index (Phi) is 6.62. The molecule has 1 aromatic carbocycles. The van der Waals surface area contributed by atoms with Crippen molar-refractivity contribution < 1.29 is 18.0 Å². The molecule has 3 aromatic rings. The van der Waals surface area contributed by atoms with Crippen molar-refractivity contribution in [1.82, 2.24) is 14.8 Å². The van der Waals surface area contributed by atoms with Gasteiger partial charge in [0.15, 0.2) is 11.0 Å². The summed E-state index contributed by atoms with van der Waals surface area (Å²) in [7, 11) is 0. The molecule has 5 nitrogen and oxygen atoms in total. The number of hydrogen-bond acceptors (Lipinski definition) is 5. The van der Waals surface area contributed by atoms with Crippen LogP contribution in [-0.4, -0.2) is 26.4 Å². The average molecular weight is 481 g/mol. The van der Waals surface area contributed by atoms with Gasteiger partial charge in [0.05, 0.1) is 11.3 Å². The Morgan fingerprint density at radius 2 is 2.03 bits per heavy atom. The lowest BCUT2D eigenvalue weighted by Gasteiger charge is -2.16. The van der Waals surface area contributed by atoms with Gasteiger partial charge in [0.2, 0.25) is 5.91 Å². The normalized spacial score (nSPS) is 13.9. The summed E-state index contributed by atoms with van der Waals surface area (Å²) in [6.07, 6.45) is 0.0737. The molecule has 2 aromatic heterocycles. The zero-order chi connectivity index (χ0) is 22.9. The Balaban J connectivity index is 1.48. The van der Waals surface area contributed by atoms with E-state index in [4.69, 9.17) is 0 Å². The lowest BCUT2D eigenvalue weighted by molar-refractivity contribution is -0.137. The highest BCUT2D eigenvalue weighted by molar-refractivity contribution is 7.99. The molecule has 2 heterocycles. The number of nitrogens with one attached hydrogen (secondary N) is 1. The van der Waals surface area contributed by atoms with Crippen LogP contribution in [0, 0.1) is 0 Å². The van der Waals surface area contributed by atoms with Gasteiger partial charge in [0.25, 0.3) is 0 Å². The van der Waals surface area contributed by atoms with Crippen molar-refractivity contribution in [2.24, 2.45) is 0 Å². The van der Waals surface area contributed by atoms with E-state index in [1.165, 1.54) is 47.2 Å². The molecular formula is C22H23F3N4OS2. The Labute approximate surface area is 192 Å². The Bertz CT molecular complexity index is 1120. The van der Waals surface area contributed by atoms with Crippen molar-refractivity contribution >= 4 is 34.7 Å². The van der Waals surface area contributed by atoms with E-state index in [0.29, 0.717) is 5.16 Å². The van der Waals surface area contributed by atoms with Crippen LogP contribution < -0.4 is 5.32 Å². The number of carbonyl (C=O) groups is 1. The molecule has 0 saturated heterocycles. The number of aromatic nitrogens is 3. The molecule has 0 unspecified atom stereocenters. The molecule has 1 aliphatic carbocycles. The van der Waals surface area contributed by atoms with Gasteiger partial charge in [-0.25, -0.2) is 0 Å². The molecule has 0 aliphatic heterocycles. The van der Waals surface area contributed by atoms with E-state index in [-0.39, 0.29) is 17.5 Å². The molecule has 32 heavy (non-hydrogen) atoms. The van der Waals surface area contributed by atoms with Gasteiger partial charge in [-0.1, -0.05) is 17.8 Å². The summed E-state index contributed by atoms with van der Waals surface area (Å²) < 4.78 is 40.7. The summed E-state index contributed by atoms with van der Waals surface area (Å²) in [6, 6.07) is 4.70. The molecule has 0 bridgehead atoms. The van der Waals surface area contributed by atoms with Crippen LogP contribution in [0.15, 0.2) is 34.8 Å². The standard InChI is InChI=1S/C22H23F3N4OS2/c1-13(2)29-20(17-11-31-18-9-4-3-8-16(17)18)27-28-21(29)32-12-19(30)26-15-7-5-6-14(10-15)22(23,24)25/h5-7,10-11,13H,3-4,8-9,12H2,1-2H3,(H,26,30). The van der Waals surface area contributed by atoms with Gasteiger partial charge < -0.3 is 5.32 Å². The van der Waals surface area contributed by atoms with Crippen molar-refractivity contribution in [1.29, 1.82) is 0 Å². The molecule has 10 heteroatoms. The van der Waals surface area contributed by atoms with Crippen LogP contribution in [0.2, 0.25) is 0 Å². The predicted molar refractivity (Wildman–Crippen MR) is 121 cm³/mol. The van der Waals surface area contributed by atoms with Gasteiger partial charge >= 0.3 is 6.18 Å². The molecule has 0 saturated carbocycles. The molecule has 0 atom stereocenters. The Morgan fingerprint density at radius 3 is 2.78 bits per heavy atom. The van der Waals surface area contributed by atoms with Crippen molar-refractivity contribution in [3.63, 3.8) is 0 Å². The lowest BCUT2D eigenvalue weighted by Crippen LogP contribution is -2.16. The number of fused-ring (bicyclic) bond motifs is 1. The summed E-state index contributed by atoms with van der Waals surface area (Å²) in [5, 5.41) is 14.0. The first-order chi connectivity index (χ1) is 15.2. The number of thiophene rings is 1. The number of nitrogens with zero attached hydrogens (tertiary/aromatic N) is 3. The maximum Gasteiger partial charge on any atom is 0.416 e. The maximum atomic E-state index is 12.9.